The Balaban J connectivity index is 0.000000770. The third-order valence-electron chi connectivity index (χ3n) is 1.65. The highest BCUT2D eigenvalue weighted by Crippen LogP contribution is 2.21. The van der Waals surface area contributed by atoms with Crippen molar-refractivity contribution in [2.75, 3.05) is 7.11 Å². The molecule has 1 heterocycles. The molecule has 0 bridgehead atoms. The minimum absolute atomic E-state index is 0.551. The minimum atomic E-state index is 0.551. The highest BCUT2D eigenvalue weighted by atomic mass is 32.1. The largest absolute Gasteiger partial charge is 0.462 e. The van der Waals surface area contributed by atoms with E-state index < -0.39 is 0 Å². The molecule has 0 atom stereocenters. The van der Waals surface area contributed by atoms with Crippen molar-refractivity contribution < 1.29 is 9.84 Å². The van der Waals surface area contributed by atoms with Gasteiger partial charge in [0, 0.05) is 7.11 Å². The number of rotatable bonds is 5. The lowest BCUT2D eigenvalue weighted by Crippen LogP contribution is -1.84. The second kappa shape index (κ2) is 9.40. The van der Waals surface area contributed by atoms with E-state index in [0.717, 1.165) is 16.1 Å². The van der Waals surface area contributed by atoms with E-state index in [9.17, 15) is 0 Å². The lowest BCUT2D eigenvalue weighted by Gasteiger charge is -1.93. The van der Waals surface area contributed by atoms with Crippen molar-refractivity contribution in [1.82, 2.24) is 4.37 Å². The summed E-state index contributed by atoms with van der Waals surface area (Å²) in [4.78, 5) is 1.09. The highest BCUT2D eigenvalue weighted by molar-refractivity contribution is 7.07. The summed E-state index contributed by atoms with van der Waals surface area (Å²) in [6.45, 7) is 7.95. The SMILES string of the molecule is C#CO.C=C/C=C(\C=C)c1cc(COC)ns1. The van der Waals surface area contributed by atoms with Crippen molar-refractivity contribution in [3.05, 3.63) is 48.0 Å². The number of aliphatic hydroxyl groups is 1. The Bertz CT molecular complexity index is 427. The van der Waals surface area contributed by atoms with Gasteiger partial charge >= 0.3 is 0 Å². The number of aliphatic hydroxyl groups excluding tert-OH is 1. The predicted octanol–water partition coefficient (Wildman–Crippen LogP) is 2.99. The number of hydrogen-bond acceptors (Lipinski definition) is 4. The smallest absolute Gasteiger partial charge is 0.103 e. The van der Waals surface area contributed by atoms with Crippen LogP contribution in [0.25, 0.3) is 5.57 Å². The van der Waals surface area contributed by atoms with E-state index in [1.807, 2.05) is 12.1 Å². The maximum atomic E-state index is 7.10. The van der Waals surface area contributed by atoms with Gasteiger partial charge in [0.1, 0.15) is 6.11 Å². The number of allylic oxidation sites excluding steroid dienone is 4. The molecule has 1 rings (SSSR count). The van der Waals surface area contributed by atoms with Crippen LogP contribution in [0.3, 0.4) is 0 Å². The Morgan fingerprint density at radius 2 is 2.35 bits per heavy atom. The number of aromatic nitrogens is 1. The zero-order chi connectivity index (χ0) is 13.1. The molecule has 0 amide bonds. The van der Waals surface area contributed by atoms with E-state index in [1.165, 1.54) is 17.6 Å². The average Bonchev–Trinajstić information content (AvgIpc) is 2.76. The van der Waals surface area contributed by atoms with Crippen LogP contribution in [0.15, 0.2) is 37.5 Å². The van der Waals surface area contributed by atoms with Crippen molar-refractivity contribution >= 4 is 17.1 Å². The molecule has 1 aromatic heterocycles. The summed E-state index contributed by atoms with van der Waals surface area (Å²) in [5, 5.41) is 7.10. The van der Waals surface area contributed by atoms with Gasteiger partial charge in [-0.1, -0.05) is 37.8 Å². The van der Waals surface area contributed by atoms with Crippen molar-refractivity contribution in [1.29, 1.82) is 0 Å². The van der Waals surface area contributed by atoms with Gasteiger partial charge in [-0.05, 0) is 23.2 Å². The van der Waals surface area contributed by atoms with Crippen LogP contribution < -0.4 is 0 Å². The third-order valence-corrected chi connectivity index (χ3v) is 2.53. The number of hydrogen-bond donors (Lipinski definition) is 1. The van der Waals surface area contributed by atoms with Crippen LogP contribution >= 0.6 is 11.5 Å². The van der Waals surface area contributed by atoms with E-state index in [1.54, 1.807) is 19.3 Å². The van der Waals surface area contributed by atoms with Gasteiger partial charge in [0.15, 0.2) is 0 Å². The van der Waals surface area contributed by atoms with Crippen molar-refractivity contribution in [2.45, 2.75) is 6.61 Å². The Kier molecular flexibility index (Phi) is 8.39. The molecule has 17 heavy (non-hydrogen) atoms. The van der Waals surface area contributed by atoms with Crippen LogP contribution in [-0.4, -0.2) is 16.6 Å². The maximum Gasteiger partial charge on any atom is 0.103 e. The Morgan fingerprint density at radius 1 is 1.71 bits per heavy atom. The van der Waals surface area contributed by atoms with Crippen LogP contribution in [-0.2, 0) is 11.3 Å². The van der Waals surface area contributed by atoms with Gasteiger partial charge in [-0.15, -0.1) is 0 Å². The Labute approximate surface area is 106 Å². The summed E-state index contributed by atoms with van der Waals surface area (Å²) in [7, 11) is 1.66. The van der Waals surface area contributed by atoms with E-state index in [0.29, 0.717) is 6.61 Å². The van der Waals surface area contributed by atoms with Crippen LogP contribution in [0.5, 0.6) is 0 Å². The van der Waals surface area contributed by atoms with Crippen molar-refractivity contribution in [3.63, 3.8) is 0 Å². The number of ether oxygens (including phenoxy) is 1. The molecule has 4 heteroatoms. The Morgan fingerprint density at radius 3 is 2.82 bits per heavy atom. The fraction of sp³-hybridized carbons (Fsp3) is 0.154. The zero-order valence-corrected chi connectivity index (χ0v) is 10.5. The minimum Gasteiger partial charge on any atom is -0.462 e. The second-order valence-corrected chi connectivity index (χ2v) is 3.61. The summed E-state index contributed by atoms with van der Waals surface area (Å²) >= 11 is 1.44. The molecule has 0 saturated heterocycles. The molecule has 0 spiro atoms. The van der Waals surface area contributed by atoms with E-state index in [-0.39, 0.29) is 0 Å². The summed E-state index contributed by atoms with van der Waals surface area (Å²) in [6.07, 6.45) is 10.9. The average molecular weight is 249 g/mol. The second-order valence-electron chi connectivity index (χ2n) is 2.81. The van der Waals surface area contributed by atoms with E-state index in [2.05, 4.69) is 24.0 Å². The summed E-state index contributed by atoms with van der Waals surface area (Å²) in [5.41, 5.74) is 1.99. The zero-order valence-electron chi connectivity index (χ0n) is 9.72. The molecule has 0 unspecified atom stereocenters. The van der Waals surface area contributed by atoms with E-state index in [4.69, 9.17) is 9.84 Å². The summed E-state index contributed by atoms with van der Waals surface area (Å²) in [6, 6.07) is 2.01. The van der Waals surface area contributed by atoms with Gasteiger partial charge in [-0.2, -0.15) is 4.37 Å². The van der Waals surface area contributed by atoms with Crippen molar-refractivity contribution in [2.24, 2.45) is 0 Å². The molecule has 0 fully saturated rings. The third kappa shape index (κ3) is 5.71. The molecule has 0 aliphatic carbocycles. The topological polar surface area (TPSA) is 42.4 Å². The first-order valence-corrected chi connectivity index (χ1v) is 5.50. The van der Waals surface area contributed by atoms with Gasteiger partial charge in [0.05, 0.1) is 17.2 Å². The normalized spacial score (nSPS) is 9.76. The summed E-state index contributed by atoms with van der Waals surface area (Å²) < 4.78 is 9.24. The fourth-order valence-electron chi connectivity index (χ4n) is 1.04. The van der Waals surface area contributed by atoms with Gasteiger partial charge in [-0.3, -0.25) is 0 Å². The van der Waals surface area contributed by atoms with Crippen LogP contribution in [0.4, 0.5) is 0 Å². The Hall–Kier alpha value is -1.83. The predicted molar refractivity (Wildman–Crippen MR) is 72.0 cm³/mol. The van der Waals surface area contributed by atoms with Gasteiger partial charge in [-0.25, -0.2) is 0 Å². The van der Waals surface area contributed by atoms with Gasteiger partial charge in [0.25, 0.3) is 0 Å². The first-order valence-electron chi connectivity index (χ1n) is 4.73. The number of nitrogens with zero attached hydrogens (tertiary/aromatic N) is 1. The molecule has 0 aromatic carbocycles. The molecule has 0 saturated carbocycles. The van der Waals surface area contributed by atoms with Gasteiger partial charge in [0.2, 0.25) is 0 Å². The van der Waals surface area contributed by atoms with Crippen LogP contribution in [0, 0.1) is 12.5 Å². The molecule has 0 aliphatic rings. The number of methoxy groups -OCH3 is 1. The van der Waals surface area contributed by atoms with Crippen LogP contribution in [0.2, 0.25) is 0 Å². The quantitative estimate of drug-likeness (QED) is 0.644. The monoisotopic (exact) mass is 249 g/mol. The fourth-order valence-corrected chi connectivity index (χ4v) is 1.81. The highest BCUT2D eigenvalue weighted by Gasteiger charge is 2.03. The maximum absolute atomic E-state index is 7.10. The molecule has 3 nitrogen and oxygen atoms in total. The molecule has 0 radical (unpaired) electrons. The summed E-state index contributed by atoms with van der Waals surface area (Å²) in [5.74, 6) is 0. The number of terminal acetylenes is 1. The molecule has 0 aliphatic heterocycles. The first-order chi connectivity index (χ1) is 8.23. The van der Waals surface area contributed by atoms with Gasteiger partial charge < -0.3 is 9.84 Å². The molecule has 90 valence electrons. The molecule has 1 N–H and O–H groups in total. The lowest BCUT2D eigenvalue weighted by molar-refractivity contribution is 0.182. The molecular weight excluding hydrogens is 234 g/mol. The standard InChI is InChI=1S/C11H13NOS.C2H2O/c1-4-6-9(5-2)11-7-10(8-13-3)12-14-11;1-2-3/h4-7H,1-2,8H2,3H3;1,3H/b9-6+;. The van der Waals surface area contributed by atoms with Crippen LogP contribution in [0.1, 0.15) is 10.6 Å². The van der Waals surface area contributed by atoms with Crippen molar-refractivity contribution in [3.8, 4) is 12.5 Å². The molecular formula is C13H15NO2S. The van der Waals surface area contributed by atoms with E-state index >= 15 is 0 Å². The molecule has 1 aromatic rings. The first kappa shape index (κ1) is 15.2. The lowest BCUT2D eigenvalue weighted by atomic mass is 10.2.